The zero-order chi connectivity index (χ0) is 22.1. The highest BCUT2D eigenvalue weighted by molar-refractivity contribution is 7.98. The third kappa shape index (κ3) is 4.08. The van der Waals surface area contributed by atoms with Gasteiger partial charge in [-0.15, -0.1) is 11.8 Å². The number of thioether (sulfide) groups is 1. The molecule has 0 saturated heterocycles. The molecule has 3 N–H and O–H groups in total. The Hall–Kier alpha value is -4.05. The Morgan fingerprint density at radius 1 is 1.25 bits per heavy atom. The summed E-state index contributed by atoms with van der Waals surface area (Å²) in [5.41, 5.74) is 3.08. The minimum atomic E-state index is -1.01. The third-order valence-electron chi connectivity index (χ3n) is 4.75. The number of aromatic amines is 1. The molecule has 0 fully saturated rings. The van der Waals surface area contributed by atoms with Gasteiger partial charge < -0.3 is 24.4 Å². The molecule has 5 rings (SSSR count). The van der Waals surface area contributed by atoms with Crippen molar-refractivity contribution in [3.8, 4) is 11.4 Å². The van der Waals surface area contributed by atoms with E-state index in [1.165, 1.54) is 0 Å². The normalized spacial score (nSPS) is 11.2. The molecular weight excluding hydrogens is 428 g/mol. The molecule has 0 spiro atoms. The molecule has 0 unspecified atom stereocenters. The van der Waals surface area contributed by atoms with Crippen LogP contribution < -0.4 is 5.32 Å². The number of aromatic carboxylic acids is 1. The van der Waals surface area contributed by atoms with Crippen LogP contribution in [-0.4, -0.2) is 35.6 Å². The number of nitrogens with zero attached hydrogens (tertiary/aromatic N) is 4. The molecule has 1 aromatic carbocycles. The number of hydrogen-bond acceptors (Lipinski definition) is 7. The number of furan rings is 1. The van der Waals surface area contributed by atoms with Gasteiger partial charge in [-0.05, 0) is 36.4 Å². The van der Waals surface area contributed by atoms with Crippen LogP contribution in [0.3, 0.4) is 0 Å². The molecule has 0 aliphatic carbocycles. The van der Waals surface area contributed by atoms with E-state index in [4.69, 9.17) is 4.42 Å². The summed E-state index contributed by atoms with van der Waals surface area (Å²) < 4.78 is 7.28. The Bertz CT molecular complexity index is 1410. The summed E-state index contributed by atoms with van der Waals surface area (Å²) in [5, 5.41) is 13.4. The Morgan fingerprint density at radius 2 is 2.16 bits per heavy atom. The highest BCUT2D eigenvalue weighted by Gasteiger charge is 2.14. The highest BCUT2D eigenvalue weighted by Crippen LogP contribution is 2.34. The Balaban J connectivity index is 1.48. The van der Waals surface area contributed by atoms with Crippen LogP contribution in [0.1, 0.15) is 16.2 Å². The smallest absolute Gasteiger partial charge is 0.352 e. The van der Waals surface area contributed by atoms with E-state index in [0.717, 1.165) is 32.9 Å². The summed E-state index contributed by atoms with van der Waals surface area (Å²) in [7, 11) is 1.90. The van der Waals surface area contributed by atoms with Crippen molar-refractivity contribution in [1.29, 1.82) is 0 Å². The van der Waals surface area contributed by atoms with E-state index in [1.807, 2.05) is 42.1 Å². The summed E-state index contributed by atoms with van der Waals surface area (Å²) in [6, 6.07) is 11.0. The number of H-pyrrole nitrogens is 1. The fraction of sp³-hybridized carbons (Fsp3) is 0.0909. The molecule has 160 valence electrons. The first kappa shape index (κ1) is 19.9. The van der Waals surface area contributed by atoms with Gasteiger partial charge in [0.2, 0.25) is 5.95 Å². The number of fused-ring (bicyclic) bond motifs is 1. The van der Waals surface area contributed by atoms with Crippen molar-refractivity contribution in [3.05, 3.63) is 72.8 Å². The number of carboxylic acids is 1. The van der Waals surface area contributed by atoms with Crippen LogP contribution in [-0.2, 0) is 12.8 Å². The molecular formula is C22H18N6O3S. The van der Waals surface area contributed by atoms with E-state index in [0.29, 0.717) is 17.4 Å². The molecule has 0 saturated carbocycles. The van der Waals surface area contributed by atoms with E-state index in [9.17, 15) is 9.90 Å². The number of carboxylic acid groups (broad SMARTS) is 1. The van der Waals surface area contributed by atoms with Crippen molar-refractivity contribution in [2.24, 2.45) is 7.05 Å². The fourth-order valence-corrected chi connectivity index (χ4v) is 4.28. The second-order valence-corrected chi connectivity index (χ2v) is 8.13. The minimum Gasteiger partial charge on any atom is -0.477 e. The number of imidazole rings is 1. The van der Waals surface area contributed by atoms with Crippen molar-refractivity contribution in [2.75, 3.05) is 5.32 Å². The number of hydrogen-bond donors (Lipinski definition) is 3. The highest BCUT2D eigenvalue weighted by atomic mass is 32.2. The maximum atomic E-state index is 11.5. The van der Waals surface area contributed by atoms with Gasteiger partial charge in [0.25, 0.3) is 0 Å². The first-order chi connectivity index (χ1) is 15.5. The van der Waals surface area contributed by atoms with Gasteiger partial charge in [0.1, 0.15) is 17.1 Å². The maximum Gasteiger partial charge on any atom is 0.352 e. The van der Waals surface area contributed by atoms with Gasteiger partial charge in [-0.1, -0.05) is 0 Å². The molecule has 10 heteroatoms. The van der Waals surface area contributed by atoms with Gasteiger partial charge in [0, 0.05) is 35.4 Å². The van der Waals surface area contributed by atoms with E-state index in [1.54, 1.807) is 42.7 Å². The Kier molecular flexibility index (Phi) is 5.12. The van der Waals surface area contributed by atoms with E-state index >= 15 is 0 Å². The topological polar surface area (TPSA) is 122 Å². The number of anilines is 2. The maximum absolute atomic E-state index is 11.5. The monoisotopic (exact) mass is 446 g/mol. The zero-order valence-electron chi connectivity index (χ0n) is 16.9. The van der Waals surface area contributed by atoms with Crippen LogP contribution >= 0.6 is 11.8 Å². The number of nitrogens with one attached hydrogen (secondary N) is 2. The number of aryl methyl sites for hydroxylation is 1. The van der Waals surface area contributed by atoms with Crippen LogP contribution in [0.4, 0.5) is 11.6 Å². The summed E-state index contributed by atoms with van der Waals surface area (Å²) in [6.07, 6.45) is 6.90. The lowest BCUT2D eigenvalue weighted by molar-refractivity contribution is 0.0691. The number of carbonyl (C=O) groups is 1. The molecule has 0 aliphatic rings. The van der Waals surface area contributed by atoms with E-state index < -0.39 is 5.97 Å². The first-order valence-electron chi connectivity index (χ1n) is 9.69. The summed E-state index contributed by atoms with van der Waals surface area (Å²) in [5.74, 6) is 0.851. The molecule has 5 aromatic rings. The number of benzene rings is 1. The van der Waals surface area contributed by atoms with E-state index in [-0.39, 0.29) is 5.69 Å². The Labute approximate surface area is 186 Å². The standard InChI is InChI=1S/C22H18N6O3S/c1-28-10-18(24-12-28)16-4-5-23-22(27-16)25-14-7-13-8-17(21(29)30)26-20(13)19(9-14)32-11-15-3-2-6-31-15/h2-10,12,26H,11H2,1H3,(H,29,30)(H,23,25,27). The quantitative estimate of drug-likeness (QED) is 0.308. The van der Waals surface area contributed by atoms with Crippen molar-refractivity contribution in [1.82, 2.24) is 24.5 Å². The van der Waals surface area contributed by atoms with Gasteiger partial charge in [0.05, 0.1) is 29.6 Å². The van der Waals surface area contributed by atoms with Crippen LogP contribution in [0.2, 0.25) is 0 Å². The summed E-state index contributed by atoms with van der Waals surface area (Å²) >= 11 is 1.55. The summed E-state index contributed by atoms with van der Waals surface area (Å²) in [4.78, 5) is 28.6. The van der Waals surface area contributed by atoms with Crippen LogP contribution in [0.25, 0.3) is 22.3 Å². The van der Waals surface area contributed by atoms with Gasteiger partial charge in [-0.3, -0.25) is 0 Å². The van der Waals surface area contributed by atoms with Gasteiger partial charge >= 0.3 is 5.97 Å². The average molecular weight is 446 g/mol. The van der Waals surface area contributed by atoms with Crippen LogP contribution in [0.15, 0.2) is 70.7 Å². The number of aromatic nitrogens is 5. The van der Waals surface area contributed by atoms with Gasteiger partial charge in [-0.25, -0.2) is 19.7 Å². The summed E-state index contributed by atoms with van der Waals surface area (Å²) in [6.45, 7) is 0. The van der Waals surface area contributed by atoms with Crippen molar-refractivity contribution >= 4 is 40.3 Å². The second kappa shape index (κ2) is 8.23. The molecule has 4 aromatic heterocycles. The SMILES string of the molecule is Cn1cnc(-c2ccnc(Nc3cc(SCc4ccco4)c4[nH]c(C(=O)O)cc4c3)n2)c1. The molecule has 0 radical (unpaired) electrons. The zero-order valence-corrected chi connectivity index (χ0v) is 17.8. The lowest BCUT2D eigenvalue weighted by atomic mass is 10.2. The van der Waals surface area contributed by atoms with Crippen LogP contribution in [0, 0.1) is 0 Å². The molecule has 0 aliphatic heterocycles. The molecule has 32 heavy (non-hydrogen) atoms. The van der Waals surface area contributed by atoms with E-state index in [2.05, 4.69) is 25.3 Å². The second-order valence-electron chi connectivity index (χ2n) is 7.11. The molecule has 0 atom stereocenters. The predicted octanol–water partition coefficient (Wildman–Crippen LogP) is 4.69. The molecule has 0 amide bonds. The van der Waals surface area contributed by atoms with Crippen LogP contribution in [0.5, 0.6) is 0 Å². The first-order valence-corrected chi connectivity index (χ1v) is 10.7. The van der Waals surface area contributed by atoms with Crippen molar-refractivity contribution in [3.63, 3.8) is 0 Å². The average Bonchev–Trinajstić information content (AvgIpc) is 3.53. The lowest BCUT2D eigenvalue weighted by Crippen LogP contribution is -1.98. The van der Waals surface area contributed by atoms with Gasteiger partial charge in [-0.2, -0.15) is 0 Å². The molecule has 4 heterocycles. The lowest BCUT2D eigenvalue weighted by Gasteiger charge is -2.09. The fourth-order valence-electron chi connectivity index (χ4n) is 3.29. The third-order valence-corrected chi connectivity index (χ3v) is 5.81. The Morgan fingerprint density at radius 3 is 2.91 bits per heavy atom. The largest absolute Gasteiger partial charge is 0.477 e. The van der Waals surface area contributed by atoms with Crippen molar-refractivity contribution in [2.45, 2.75) is 10.6 Å². The predicted molar refractivity (Wildman–Crippen MR) is 121 cm³/mol. The minimum absolute atomic E-state index is 0.130. The van der Waals surface area contributed by atoms with Crippen molar-refractivity contribution < 1.29 is 14.3 Å². The molecule has 9 nitrogen and oxygen atoms in total. The van der Waals surface area contributed by atoms with Gasteiger partial charge in [0.15, 0.2) is 0 Å². The molecule has 0 bridgehead atoms. The number of rotatable bonds is 7.